The topological polar surface area (TPSA) is 71.2 Å². The number of alkyl halides is 3. The van der Waals surface area contributed by atoms with Crippen LogP contribution in [0.3, 0.4) is 0 Å². The molecule has 1 aliphatic carbocycles. The van der Waals surface area contributed by atoms with Gasteiger partial charge in [-0.2, -0.15) is 13.2 Å². The molecule has 0 radical (unpaired) electrons. The fourth-order valence-electron chi connectivity index (χ4n) is 2.55. The van der Waals surface area contributed by atoms with Crippen molar-refractivity contribution >= 4 is 12.6 Å². The molecule has 2 aromatic rings. The maximum Gasteiger partial charge on any atom is 0.488 e. The van der Waals surface area contributed by atoms with E-state index in [1.165, 1.54) is 12.2 Å². The van der Waals surface area contributed by atoms with E-state index >= 15 is 0 Å². The number of nitrogens with zero attached hydrogens (tertiary/aromatic N) is 3. The van der Waals surface area contributed by atoms with E-state index in [1.807, 2.05) is 0 Å². The molecule has 2 N–H and O–H groups in total. The highest BCUT2D eigenvalue weighted by Crippen LogP contribution is 2.33. The van der Waals surface area contributed by atoms with Crippen LogP contribution in [0.5, 0.6) is 0 Å². The van der Waals surface area contributed by atoms with Gasteiger partial charge in [-0.3, -0.25) is 0 Å². The highest BCUT2D eigenvalue weighted by molar-refractivity contribution is 6.58. The first-order valence-corrected chi connectivity index (χ1v) is 7.63. The van der Waals surface area contributed by atoms with E-state index in [4.69, 9.17) is 10.0 Å². The van der Waals surface area contributed by atoms with Gasteiger partial charge in [-0.15, -0.1) is 5.10 Å². The molecule has 1 aromatic carbocycles. The molecule has 1 unspecified atom stereocenters. The number of aromatic nitrogens is 3. The smallest absolute Gasteiger partial charge is 0.423 e. The van der Waals surface area contributed by atoms with E-state index in [0.717, 1.165) is 11.1 Å². The summed E-state index contributed by atoms with van der Waals surface area (Å²) in [6.45, 7) is 0.335. The minimum Gasteiger partial charge on any atom is -0.423 e. The predicted molar refractivity (Wildman–Crippen MR) is 86.7 cm³/mol. The van der Waals surface area contributed by atoms with Gasteiger partial charge < -0.3 is 10.0 Å². The van der Waals surface area contributed by atoms with Gasteiger partial charge in [-0.1, -0.05) is 47.7 Å². The van der Waals surface area contributed by atoms with Crippen molar-refractivity contribution in [3.8, 4) is 11.3 Å². The van der Waals surface area contributed by atoms with Crippen LogP contribution in [-0.2, 0) is 6.54 Å². The molecule has 130 valence electrons. The summed E-state index contributed by atoms with van der Waals surface area (Å²) in [5.41, 5.74) is 2.46. The maximum absolute atomic E-state index is 12.6. The lowest BCUT2D eigenvalue weighted by molar-refractivity contribution is -0.160. The van der Waals surface area contributed by atoms with E-state index in [2.05, 4.69) is 10.3 Å². The molecule has 1 heterocycles. The van der Waals surface area contributed by atoms with Gasteiger partial charge in [0.1, 0.15) is 5.69 Å². The Morgan fingerprint density at radius 2 is 1.92 bits per heavy atom. The summed E-state index contributed by atoms with van der Waals surface area (Å²) in [7, 11) is -1.53. The molecule has 9 heteroatoms. The number of rotatable bonds is 4. The third-order valence-corrected chi connectivity index (χ3v) is 3.98. The molecule has 0 bridgehead atoms. The van der Waals surface area contributed by atoms with Crippen LogP contribution in [0.1, 0.15) is 6.42 Å². The number of halogens is 3. The zero-order chi connectivity index (χ0) is 18.0. The number of benzene rings is 1. The molecule has 0 saturated carbocycles. The largest absolute Gasteiger partial charge is 0.488 e. The Morgan fingerprint density at radius 3 is 2.48 bits per heavy atom. The average molecular weight is 349 g/mol. The SMILES string of the molecule is OB(O)c1ccc(-c2cn(CC3=CCC(C(F)(F)F)C=C3)nn2)cc1. The maximum atomic E-state index is 12.6. The van der Waals surface area contributed by atoms with Crippen LogP contribution in [0, 0.1) is 5.92 Å². The van der Waals surface area contributed by atoms with Crippen LogP contribution in [0.15, 0.2) is 54.3 Å². The Bertz CT molecular complexity index is 798. The lowest BCUT2D eigenvalue weighted by Crippen LogP contribution is -2.29. The number of allylic oxidation sites excluding steroid dienone is 4. The molecule has 0 fully saturated rings. The van der Waals surface area contributed by atoms with Gasteiger partial charge in [0.05, 0.1) is 18.7 Å². The Morgan fingerprint density at radius 1 is 1.20 bits per heavy atom. The molecule has 25 heavy (non-hydrogen) atoms. The second-order valence-electron chi connectivity index (χ2n) is 5.82. The van der Waals surface area contributed by atoms with Gasteiger partial charge in [0.25, 0.3) is 0 Å². The summed E-state index contributed by atoms with van der Waals surface area (Å²) >= 11 is 0. The summed E-state index contributed by atoms with van der Waals surface area (Å²) in [6.07, 6.45) is 1.62. The predicted octanol–water partition coefficient (Wildman–Crippen LogP) is 1.69. The van der Waals surface area contributed by atoms with Gasteiger partial charge in [0.2, 0.25) is 0 Å². The number of hydrogen-bond donors (Lipinski definition) is 2. The van der Waals surface area contributed by atoms with Crippen LogP contribution in [0.4, 0.5) is 13.2 Å². The molecular weight excluding hydrogens is 334 g/mol. The first kappa shape index (κ1) is 17.4. The van der Waals surface area contributed by atoms with Crippen LogP contribution in [-0.4, -0.2) is 38.3 Å². The summed E-state index contributed by atoms with van der Waals surface area (Å²) in [6, 6.07) is 6.53. The standard InChI is InChI=1S/C16H15BF3N3O2/c18-16(19,20)13-5-1-11(2-6-13)9-23-10-15(21-22-23)12-3-7-14(8-4-12)17(24)25/h1-5,7-8,10,13,24-25H,6,9H2. The lowest BCUT2D eigenvalue weighted by Gasteiger charge is -2.18. The Kier molecular flexibility index (Phi) is 4.78. The van der Waals surface area contributed by atoms with Gasteiger partial charge >= 0.3 is 13.3 Å². The van der Waals surface area contributed by atoms with Gasteiger partial charge in [0.15, 0.2) is 0 Å². The second-order valence-corrected chi connectivity index (χ2v) is 5.82. The molecular formula is C16H15BF3N3O2. The van der Waals surface area contributed by atoms with Crippen LogP contribution < -0.4 is 5.46 Å². The molecule has 5 nitrogen and oxygen atoms in total. The summed E-state index contributed by atoms with van der Waals surface area (Å²) in [5.74, 6) is -1.43. The van der Waals surface area contributed by atoms with Crippen molar-refractivity contribution in [2.24, 2.45) is 5.92 Å². The lowest BCUT2D eigenvalue weighted by atomic mass is 9.80. The van der Waals surface area contributed by atoms with Gasteiger partial charge in [0, 0.05) is 5.56 Å². The van der Waals surface area contributed by atoms with E-state index in [9.17, 15) is 13.2 Å². The van der Waals surface area contributed by atoms with Crippen molar-refractivity contribution in [3.05, 3.63) is 54.3 Å². The van der Waals surface area contributed by atoms with Crippen molar-refractivity contribution in [2.75, 3.05) is 0 Å². The fraction of sp³-hybridized carbons (Fsp3) is 0.250. The fourth-order valence-corrected chi connectivity index (χ4v) is 2.55. The van der Waals surface area contributed by atoms with Crippen molar-refractivity contribution in [3.63, 3.8) is 0 Å². The summed E-state index contributed by atoms with van der Waals surface area (Å²) in [4.78, 5) is 0. The van der Waals surface area contributed by atoms with Crippen molar-refractivity contribution in [2.45, 2.75) is 19.1 Å². The third-order valence-electron chi connectivity index (χ3n) is 3.98. The van der Waals surface area contributed by atoms with Crippen LogP contribution >= 0.6 is 0 Å². The second kappa shape index (κ2) is 6.85. The van der Waals surface area contributed by atoms with E-state index < -0.39 is 19.2 Å². The third kappa shape index (κ3) is 4.18. The zero-order valence-corrected chi connectivity index (χ0v) is 13.1. The molecule has 1 aromatic heterocycles. The summed E-state index contributed by atoms with van der Waals surface area (Å²) in [5, 5.41) is 26.2. The molecule has 0 amide bonds. The quantitative estimate of drug-likeness (QED) is 0.825. The Labute approximate surface area is 142 Å². The van der Waals surface area contributed by atoms with Gasteiger partial charge in [-0.05, 0) is 17.5 Å². The Hall–Kier alpha value is -2.39. The molecule has 0 saturated heterocycles. The van der Waals surface area contributed by atoms with Crippen molar-refractivity contribution in [1.29, 1.82) is 0 Å². The van der Waals surface area contributed by atoms with Crippen molar-refractivity contribution < 1.29 is 23.2 Å². The number of hydrogen-bond acceptors (Lipinski definition) is 4. The summed E-state index contributed by atoms with van der Waals surface area (Å²) < 4.78 is 39.4. The van der Waals surface area contributed by atoms with Gasteiger partial charge in [-0.25, -0.2) is 4.68 Å². The van der Waals surface area contributed by atoms with E-state index in [0.29, 0.717) is 17.7 Å². The first-order valence-electron chi connectivity index (χ1n) is 7.63. The minimum atomic E-state index is -4.22. The molecule has 0 aliphatic heterocycles. The van der Waals surface area contributed by atoms with Crippen LogP contribution in [0.2, 0.25) is 0 Å². The average Bonchev–Trinajstić information content (AvgIpc) is 3.03. The molecule has 1 atom stereocenters. The Balaban J connectivity index is 1.67. The zero-order valence-electron chi connectivity index (χ0n) is 13.1. The highest BCUT2D eigenvalue weighted by atomic mass is 19.4. The van der Waals surface area contributed by atoms with E-state index in [-0.39, 0.29) is 6.42 Å². The first-order chi connectivity index (χ1) is 11.8. The molecule has 1 aliphatic rings. The van der Waals surface area contributed by atoms with Crippen LogP contribution in [0.25, 0.3) is 11.3 Å². The minimum absolute atomic E-state index is 0.0676. The monoisotopic (exact) mass is 349 g/mol. The van der Waals surface area contributed by atoms with E-state index in [1.54, 1.807) is 41.2 Å². The normalized spacial score (nSPS) is 17.5. The van der Waals surface area contributed by atoms with Crippen molar-refractivity contribution in [1.82, 2.24) is 15.0 Å². The molecule has 3 rings (SSSR count). The molecule has 0 spiro atoms. The highest BCUT2D eigenvalue weighted by Gasteiger charge is 2.37.